The number of hydrogen-bond acceptors (Lipinski definition) is 1. The van der Waals surface area contributed by atoms with Gasteiger partial charge in [0.25, 0.3) is 0 Å². The first-order valence-electron chi connectivity index (χ1n) is 9.27. The molecule has 0 unspecified atom stereocenters. The third kappa shape index (κ3) is 2.90. The normalized spacial score (nSPS) is 17.4. The van der Waals surface area contributed by atoms with Crippen molar-refractivity contribution in [2.24, 2.45) is 0 Å². The van der Waals surface area contributed by atoms with E-state index in [1.54, 1.807) is 91.0 Å². The van der Waals surface area contributed by atoms with Gasteiger partial charge in [-0.1, -0.05) is 91.0 Å². The zero-order valence-corrected chi connectivity index (χ0v) is 15.7. The molecule has 0 radical (unpaired) electrons. The summed E-state index contributed by atoms with van der Waals surface area (Å²) in [4.78, 5) is 0. The van der Waals surface area contributed by atoms with Gasteiger partial charge in [0.2, 0.25) is 11.6 Å². The first-order chi connectivity index (χ1) is 14.3. The Morgan fingerprint density at radius 2 is 0.967 bits per heavy atom. The topological polar surface area (TPSA) is 9.23 Å². The lowest BCUT2D eigenvalue weighted by Crippen LogP contribution is -2.54. The summed E-state index contributed by atoms with van der Waals surface area (Å²) in [5.41, 5.74) is 0.950. The van der Waals surface area contributed by atoms with Gasteiger partial charge in [-0.2, -0.15) is 17.6 Å². The Hall–Kier alpha value is -3.15. The molecule has 0 bridgehead atoms. The maximum atomic E-state index is 13.8. The number of rotatable bonds is 6. The highest BCUT2D eigenvalue weighted by Crippen LogP contribution is 2.57. The Bertz CT molecular complexity index is 950. The van der Waals surface area contributed by atoms with E-state index in [4.69, 9.17) is 4.74 Å². The molecule has 0 saturated carbocycles. The number of allylic oxidation sites excluding steroid dienone is 2. The van der Waals surface area contributed by atoms with Crippen molar-refractivity contribution in [1.82, 2.24) is 0 Å². The first-order valence-corrected chi connectivity index (χ1v) is 9.27. The highest BCUT2D eigenvalue weighted by Gasteiger charge is 2.75. The van der Waals surface area contributed by atoms with Crippen LogP contribution in [-0.4, -0.2) is 18.5 Å². The van der Waals surface area contributed by atoms with Crippen molar-refractivity contribution in [3.8, 4) is 0 Å². The largest absolute Gasteiger partial charge is 0.487 e. The predicted molar refractivity (Wildman–Crippen MR) is 103 cm³/mol. The van der Waals surface area contributed by atoms with E-state index >= 15 is 0 Å². The van der Waals surface area contributed by atoms with Crippen LogP contribution >= 0.6 is 0 Å². The molecule has 3 aromatic rings. The van der Waals surface area contributed by atoms with Gasteiger partial charge in [-0.25, -0.2) is 4.39 Å². The SMILES string of the molecule is FC1=C(OCC(c2ccccc2)(c2ccccc2)c2ccccc2)C(F)(F)C1(F)F. The molecular weight excluding hydrogens is 399 g/mol. The Morgan fingerprint density at radius 1 is 0.600 bits per heavy atom. The van der Waals surface area contributed by atoms with Crippen molar-refractivity contribution in [2.75, 3.05) is 6.61 Å². The first kappa shape index (κ1) is 20.1. The van der Waals surface area contributed by atoms with Crippen molar-refractivity contribution >= 4 is 0 Å². The summed E-state index contributed by atoms with van der Waals surface area (Å²) in [6.45, 7) is -0.487. The van der Waals surface area contributed by atoms with Crippen LogP contribution in [0.25, 0.3) is 0 Å². The summed E-state index contributed by atoms with van der Waals surface area (Å²) < 4.78 is 73.2. The molecule has 1 nitrogen and oxygen atoms in total. The average Bonchev–Trinajstić information content (AvgIpc) is 2.78. The van der Waals surface area contributed by atoms with E-state index in [2.05, 4.69) is 0 Å². The standard InChI is InChI=1S/C24H17F5O/c25-20-21(24(28,29)23(20,26)27)30-16-22(17-10-4-1-5-11-17,18-12-6-2-7-13-18)19-14-8-3-9-15-19/h1-15H,16H2. The maximum Gasteiger partial charge on any atom is 0.375 e. The van der Waals surface area contributed by atoms with Gasteiger partial charge in [0.05, 0.1) is 5.41 Å². The molecule has 0 aliphatic heterocycles. The zero-order valence-electron chi connectivity index (χ0n) is 15.7. The predicted octanol–water partition coefficient (Wildman–Crippen LogP) is 6.50. The van der Waals surface area contributed by atoms with Crippen molar-refractivity contribution < 1.29 is 26.7 Å². The lowest BCUT2D eigenvalue weighted by molar-refractivity contribution is -0.232. The fourth-order valence-corrected chi connectivity index (χ4v) is 3.75. The van der Waals surface area contributed by atoms with Crippen molar-refractivity contribution in [1.29, 1.82) is 0 Å². The third-order valence-electron chi connectivity index (χ3n) is 5.39. The molecule has 0 fully saturated rings. The third-order valence-corrected chi connectivity index (χ3v) is 5.39. The second-order valence-electron chi connectivity index (χ2n) is 7.08. The second kappa shape index (κ2) is 7.27. The van der Waals surface area contributed by atoms with E-state index in [1.165, 1.54) is 0 Å². The Balaban J connectivity index is 1.87. The molecule has 0 saturated heterocycles. The molecule has 154 valence electrons. The molecule has 0 amide bonds. The highest BCUT2D eigenvalue weighted by molar-refractivity contribution is 5.51. The number of benzene rings is 3. The molecule has 6 heteroatoms. The minimum absolute atomic E-state index is 0.487. The molecular formula is C24H17F5O. The Kier molecular flexibility index (Phi) is 4.88. The van der Waals surface area contributed by atoms with Gasteiger partial charge in [-0.3, -0.25) is 0 Å². The lowest BCUT2D eigenvalue weighted by Gasteiger charge is -2.40. The summed E-state index contributed by atoms with van der Waals surface area (Å²) in [7, 11) is 0. The van der Waals surface area contributed by atoms with Crippen LogP contribution in [0, 0.1) is 0 Å². The van der Waals surface area contributed by atoms with E-state index in [1.807, 2.05) is 0 Å². The van der Waals surface area contributed by atoms with Gasteiger partial charge in [-0.15, -0.1) is 0 Å². The second-order valence-corrected chi connectivity index (χ2v) is 7.08. The van der Waals surface area contributed by atoms with Gasteiger partial charge in [-0.05, 0) is 16.7 Å². The zero-order chi connectivity index (χ0) is 21.4. The summed E-state index contributed by atoms with van der Waals surface area (Å²) in [5, 5.41) is 0. The summed E-state index contributed by atoms with van der Waals surface area (Å²) in [6.07, 6.45) is 0. The molecule has 0 aromatic heterocycles. The van der Waals surface area contributed by atoms with E-state index in [0.717, 1.165) is 0 Å². The molecule has 30 heavy (non-hydrogen) atoms. The van der Waals surface area contributed by atoms with Crippen LogP contribution in [0.15, 0.2) is 103 Å². The van der Waals surface area contributed by atoms with Crippen LogP contribution in [0.1, 0.15) is 16.7 Å². The summed E-state index contributed by atoms with van der Waals surface area (Å²) >= 11 is 0. The highest BCUT2D eigenvalue weighted by atomic mass is 19.3. The van der Waals surface area contributed by atoms with E-state index in [0.29, 0.717) is 16.7 Å². The molecule has 0 atom stereocenters. The van der Waals surface area contributed by atoms with Gasteiger partial charge in [0.15, 0.2) is 0 Å². The van der Waals surface area contributed by atoms with E-state index in [-0.39, 0.29) is 0 Å². The monoisotopic (exact) mass is 416 g/mol. The minimum Gasteiger partial charge on any atom is -0.487 e. The van der Waals surface area contributed by atoms with Crippen molar-refractivity contribution in [3.63, 3.8) is 0 Å². The molecule has 4 rings (SSSR count). The summed E-state index contributed by atoms with van der Waals surface area (Å²) in [5.74, 6) is -13.4. The molecule has 3 aromatic carbocycles. The average molecular weight is 416 g/mol. The Morgan fingerprint density at radius 3 is 1.30 bits per heavy atom. The van der Waals surface area contributed by atoms with E-state index in [9.17, 15) is 22.0 Å². The number of hydrogen-bond donors (Lipinski definition) is 0. The lowest BCUT2D eigenvalue weighted by atomic mass is 9.70. The minimum atomic E-state index is -4.85. The van der Waals surface area contributed by atoms with Crippen LogP contribution in [0.3, 0.4) is 0 Å². The van der Waals surface area contributed by atoms with Crippen LogP contribution in [-0.2, 0) is 10.2 Å². The van der Waals surface area contributed by atoms with Crippen LogP contribution in [0.5, 0.6) is 0 Å². The van der Waals surface area contributed by atoms with Gasteiger partial charge >= 0.3 is 11.8 Å². The van der Waals surface area contributed by atoms with Gasteiger partial charge in [0.1, 0.15) is 6.61 Å². The van der Waals surface area contributed by atoms with Crippen molar-refractivity contribution in [2.45, 2.75) is 17.3 Å². The molecule has 1 aliphatic rings. The number of ether oxygens (including phenoxy) is 1. The summed E-state index contributed by atoms with van der Waals surface area (Å²) in [6, 6.07) is 26.8. The number of halogens is 5. The molecule has 0 N–H and O–H groups in total. The fraction of sp³-hybridized carbons (Fsp3) is 0.167. The van der Waals surface area contributed by atoms with Gasteiger partial charge in [0, 0.05) is 0 Å². The van der Waals surface area contributed by atoms with E-state index < -0.39 is 35.5 Å². The molecule has 0 spiro atoms. The van der Waals surface area contributed by atoms with Crippen LogP contribution in [0.2, 0.25) is 0 Å². The van der Waals surface area contributed by atoms with Crippen LogP contribution < -0.4 is 0 Å². The van der Waals surface area contributed by atoms with Crippen LogP contribution in [0.4, 0.5) is 22.0 Å². The van der Waals surface area contributed by atoms with Crippen molar-refractivity contribution in [3.05, 3.63) is 119 Å². The molecule has 0 heterocycles. The Labute approximate surface area is 170 Å². The maximum absolute atomic E-state index is 13.8. The molecule has 1 aliphatic carbocycles. The number of alkyl halides is 4. The fourth-order valence-electron chi connectivity index (χ4n) is 3.75. The van der Waals surface area contributed by atoms with Gasteiger partial charge < -0.3 is 4.74 Å². The smallest absolute Gasteiger partial charge is 0.375 e. The quantitative estimate of drug-likeness (QED) is 0.329.